The van der Waals surface area contributed by atoms with Gasteiger partial charge in [0.15, 0.2) is 0 Å². The van der Waals surface area contributed by atoms with Crippen LogP contribution in [0.15, 0.2) is 0 Å². The van der Waals surface area contributed by atoms with Crippen molar-refractivity contribution < 1.29 is 4.74 Å². The van der Waals surface area contributed by atoms with Crippen LogP contribution < -0.4 is 5.73 Å². The summed E-state index contributed by atoms with van der Waals surface area (Å²) >= 11 is 0. The Hall–Kier alpha value is -0.0800. The van der Waals surface area contributed by atoms with Crippen molar-refractivity contribution in [1.82, 2.24) is 0 Å². The second kappa shape index (κ2) is 6.62. The van der Waals surface area contributed by atoms with E-state index in [4.69, 9.17) is 10.5 Å². The second-order valence-corrected chi connectivity index (χ2v) is 3.23. The maximum Gasteiger partial charge on any atom is 0.0518 e. The molecule has 0 saturated carbocycles. The third-order valence-electron chi connectivity index (χ3n) is 1.69. The van der Waals surface area contributed by atoms with E-state index in [1.165, 1.54) is 0 Å². The van der Waals surface area contributed by atoms with Gasteiger partial charge in [-0.15, -0.1) is 0 Å². The van der Waals surface area contributed by atoms with Crippen LogP contribution in [-0.2, 0) is 4.74 Å². The summed E-state index contributed by atoms with van der Waals surface area (Å²) in [5.41, 5.74) is 5.73. The number of nitrogens with two attached hydrogens (primary N) is 1. The van der Waals surface area contributed by atoms with Gasteiger partial charge in [-0.25, -0.2) is 0 Å². The van der Waals surface area contributed by atoms with Gasteiger partial charge in [-0.05, 0) is 33.1 Å². The largest absolute Gasteiger partial charge is 0.379 e. The van der Waals surface area contributed by atoms with Gasteiger partial charge in [0.1, 0.15) is 0 Å². The van der Waals surface area contributed by atoms with E-state index in [0.29, 0.717) is 12.1 Å². The van der Waals surface area contributed by atoms with Gasteiger partial charge in [-0.1, -0.05) is 6.92 Å². The Morgan fingerprint density at radius 2 is 2.00 bits per heavy atom. The van der Waals surface area contributed by atoms with Crippen LogP contribution in [0.5, 0.6) is 0 Å². The topological polar surface area (TPSA) is 35.2 Å². The first-order valence-electron chi connectivity index (χ1n) is 4.54. The Balaban J connectivity index is 3.01. The van der Waals surface area contributed by atoms with E-state index in [1.54, 1.807) is 0 Å². The molecule has 0 aromatic carbocycles. The normalized spacial score (nSPS) is 13.9. The van der Waals surface area contributed by atoms with Crippen LogP contribution >= 0.6 is 0 Å². The smallest absolute Gasteiger partial charge is 0.0518 e. The SMILES string of the molecule is CCC(N)CCCOC(C)C. The molecule has 0 saturated heterocycles. The van der Waals surface area contributed by atoms with Crippen LogP contribution in [0.3, 0.4) is 0 Å². The van der Waals surface area contributed by atoms with Gasteiger partial charge < -0.3 is 10.5 Å². The fraction of sp³-hybridized carbons (Fsp3) is 1.00. The molecule has 2 N–H and O–H groups in total. The molecular formula is C9H21NO. The Labute approximate surface area is 70.1 Å². The van der Waals surface area contributed by atoms with Gasteiger partial charge in [0.25, 0.3) is 0 Å². The van der Waals surface area contributed by atoms with Crippen molar-refractivity contribution in [3.05, 3.63) is 0 Å². The standard InChI is InChI=1S/C9H21NO/c1-4-9(10)6-5-7-11-8(2)3/h8-9H,4-7,10H2,1-3H3. The first kappa shape index (κ1) is 10.9. The molecule has 0 rings (SSSR count). The van der Waals surface area contributed by atoms with Crippen molar-refractivity contribution in [3.63, 3.8) is 0 Å². The van der Waals surface area contributed by atoms with Crippen molar-refractivity contribution in [3.8, 4) is 0 Å². The van der Waals surface area contributed by atoms with Crippen molar-refractivity contribution >= 4 is 0 Å². The molecule has 0 bridgehead atoms. The molecule has 0 radical (unpaired) electrons. The van der Waals surface area contributed by atoms with Crippen LogP contribution in [0.2, 0.25) is 0 Å². The van der Waals surface area contributed by atoms with Gasteiger partial charge in [0, 0.05) is 12.6 Å². The Kier molecular flexibility index (Phi) is 6.57. The van der Waals surface area contributed by atoms with E-state index >= 15 is 0 Å². The lowest BCUT2D eigenvalue weighted by molar-refractivity contribution is 0.0750. The number of ether oxygens (including phenoxy) is 1. The summed E-state index contributed by atoms with van der Waals surface area (Å²) in [7, 11) is 0. The summed E-state index contributed by atoms with van der Waals surface area (Å²) < 4.78 is 5.38. The van der Waals surface area contributed by atoms with E-state index in [1.807, 2.05) is 0 Å². The molecule has 68 valence electrons. The Bertz CT molecular complexity index is 83.6. The second-order valence-electron chi connectivity index (χ2n) is 3.23. The monoisotopic (exact) mass is 159 g/mol. The molecular weight excluding hydrogens is 138 g/mol. The van der Waals surface area contributed by atoms with Crippen molar-refractivity contribution in [2.24, 2.45) is 5.73 Å². The molecule has 0 spiro atoms. The zero-order valence-electron chi connectivity index (χ0n) is 7.97. The number of rotatable bonds is 6. The first-order chi connectivity index (χ1) is 5.16. The molecule has 0 aliphatic heterocycles. The summed E-state index contributed by atoms with van der Waals surface area (Å²) in [6, 6.07) is 0.366. The van der Waals surface area contributed by atoms with Crippen molar-refractivity contribution in [2.45, 2.75) is 52.2 Å². The lowest BCUT2D eigenvalue weighted by atomic mass is 10.1. The fourth-order valence-corrected chi connectivity index (χ4v) is 0.869. The molecule has 0 aliphatic rings. The van der Waals surface area contributed by atoms with Crippen molar-refractivity contribution in [1.29, 1.82) is 0 Å². The van der Waals surface area contributed by atoms with Gasteiger partial charge >= 0.3 is 0 Å². The minimum atomic E-state index is 0.354. The lowest BCUT2D eigenvalue weighted by Crippen LogP contribution is -2.19. The molecule has 1 atom stereocenters. The average molecular weight is 159 g/mol. The molecule has 0 aromatic rings. The summed E-state index contributed by atoms with van der Waals surface area (Å²) in [4.78, 5) is 0. The van der Waals surface area contributed by atoms with E-state index < -0.39 is 0 Å². The third kappa shape index (κ3) is 7.82. The van der Waals surface area contributed by atoms with Gasteiger partial charge in [0.05, 0.1) is 6.10 Å². The van der Waals surface area contributed by atoms with Crippen LogP contribution in [-0.4, -0.2) is 18.8 Å². The fourth-order valence-electron chi connectivity index (χ4n) is 0.869. The molecule has 2 nitrogen and oxygen atoms in total. The van der Waals surface area contributed by atoms with E-state index in [-0.39, 0.29) is 0 Å². The highest BCUT2D eigenvalue weighted by Crippen LogP contribution is 1.99. The molecule has 11 heavy (non-hydrogen) atoms. The molecule has 0 heterocycles. The van der Waals surface area contributed by atoms with E-state index in [2.05, 4.69) is 20.8 Å². The first-order valence-corrected chi connectivity index (χ1v) is 4.54. The highest BCUT2D eigenvalue weighted by molar-refractivity contribution is 4.57. The minimum absolute atomic E-state index is 0.354. The highest BCUT2D eigenvalue weighted by atomic mass is 16.5. The Morgan fingerprint density at radius 3 is 2.45 bits per heavy atom. The Morgan fingerprint density at radius 1 is 1.36 bits per heavy atom. The summed E-state index contributed by atoms with van der Waals surface area (Å²) in [6.45, 7) is 7.08. The van der Waals surface area contributed by atoms with Crippen LogP contribution in [0.4, 0.5) is 0 Å². The zero-order valence-corrected chi connectivity index (χ0v) is 7.97. The molecule has 0 aliphatic carbocycles. The van der Waals surface area contributed by atoms with E-state index in [9.17, 15) is 0 Å². The van der Waals surface area contributed by atoms with Gasteiger partial charge in [0.2, 0.25) is 0 Å². The zero-order chi connectivity index (χ0) is 8.69. The molecule has 0 amide bonds. The van der Waals surface area contributed by atoms with Crippen LogP contribution in [0.25, 0.3) is 0 Å². The minimum Gasteiger partial charge on any atom is -0.379 e. The maximum atomic E-state index is 5.73. The van der Waals surface area contributed by atoms with Crippen molar-refractivity contribution in [2.75, 3.05) is 6.61 Å². The predicted octanol–water partition coefficient (Wildman–Crippen LogP) is 1.93. The van der Waals surface area contributed by atoms with Crippen LogP contribution in [0.1, 0.15) is 40.0 Å². The van der Waals surface area contributed by atoms with Crippen LogP contribution in [0, 0.1) is 0 Å². The highest BCUT2D eigenvalue weighted by Gasteiger charge is 1.98. The molecule has 2 heteroatoms. The number of hydrogen-bond acceptors (Lipinski definition) is 2. The van der Waals surface area contributed by atoms with Gasteiger partial charge in [-0.2, -0.15) is 0 Å². The van der Waals surface area contributed by atoms with Gasteiger partial charge in [-0.3, -0.25) is 0 Å². The predicted molar refractivity (Wildman–Crippen MR) is 48.6 cm³/mol. The average Bonchev–Trinajstić information content (AvgIpc) is 1.97. The van der Waals surface area contributed by atoms with E-state index in [0.717, 1.165) is 25.9 Å². The lowest BCUT2D eigenvalue weighted by Gasteiger charge is -2.10. The molecule has 0 aromatic heterocycles. The summed E-state index contributed by atoms with van der Waals surface area (Å²) in [6.07, 6.45) is 3.60. The third-order valence-corrected chi connectivity index (χ3v) is 1.69. The molecule has 1 unspecified atom stereocenters. The maximum absolute atomic E-state index is 5.73. The summed E-state index contributed by atoms with van der Waals surface area (Å²) in [5, 5.41) is 0. The number of hydrogen-bond donors (Lipinski definition) is 1. The summed E-state index contributed by atoms with van der Waals surface area (Å²) in [5.74, 6) is 0. The quantitative estimate of drug-likeness (QED) is 0.601. The molecule has 0 fully saturated rings.